The first kappa shape index (κ1) is 15.2. The third-order valence-corrected chi connectivity index (χ3v) is 3.43. The highest BCUT2D eigenvalue weighted by atomic mass is 35.5. The van der Waals surface area contributed by atoms with Crippen molar-refractivity contribution in [2.24, 2.45) is 0 Å². The number of hydrogen-bond donors (Lipinski definition) is 1. The second-order valence-electron chi connectivity index (χ2n) is 4.57. The minimum atomic E-state index is 0.606. The van der Waals surface area contributed by atoms with Crippen molar-refractivity contribution in [1.82, 2.24) is 5.32 Å². The summed E-state index contributed by atoms with van der Waals surface area (Å²) in [7, 11) is 0. The van der Waals surface area contributed by atoms with Crippen LogP contribution in [0.5, 0.6) is 11.5 Å². The van der Waals surface area contributed by atoms with Gasteiger partial charge in [-0.3, -0.25) is 0 Å². The lowest BCUT2D eigenvalue weighted by Gasteiger charge is -2.13. The standard InChI is InChI=1S/C16H17Cl2NO/c1-3-19-10-12-9-13(17)5-7-15(12)20-16-6-4-11(2)8-14(16)18/h4-9,19H,3,10H2,1-2H3. The normalized spacial score (nSPS) is 10.6. The molecule has 0 saturated heterocycles. The predicted molar refractivity (Wildman–Crippen MR) is 85.1 cm³/mol. The maximum atomic E-state index is 6.20. The van der Waals surface area contributed by atoms with E-state index in [1.165, 1.54) is 0 Å². The lowest BCUT2D eigenvalue weighted by atomic mass is 10.2. The van der Waals surface area contributed by atoms with Gasteiger partial charge in [-0.1, -0.05) is 36.2 Å². The number of nitrogens with one attached hydrogen (secondary N) is 1. The molecule has 0 heterocycles. The molecule has 0 radical (unpaired) electrons. The molecule has 0 aliphatic carbocycles. The van der Waals surface area contributed by atoms with Gasteiger partial charge in [-0.2, -0.15) is 0 Å². The molecule has 4 heteroatoms. The summed E-state index contributed by atoms with van der Waals surface area (Å²) in [5, 5.41) is 4.57. The van der Waals surface area contributed by atoms with Gasteiger partial charge >= 0.3 is 0 Å². The Bertz CT molecular complexity index is 599. The second kappa shape index (κ2) is 6.98. The predicted octanol–water partition coefficient (Wildman–Crippen LogP) is 5.20. The van der Waals surface area contributed by atoms with E-state index in [-0.39, 0.29) is 0 Å². The Kier molecular flexibility index (Phi) is 5.30. The third kappa shape index (κ3) is 3.89. The van der Waals surface area contributed by atoms with Crippen LogP contribution in [0.3, 0.4) is 0 Å². The van der Waals surface area contributed by atoms with Crippen molar-refractivity contribution >= 4 is 23.2 Å². The first-order valence-electron chi connectivity index (χ1n) is 6.53. The van der Waals surface area contributed by atoms with Crippen LogP contribution in [-0.2, 0) is 6.54 Å². The molecule has 0 aliphatic heterocycles. The van der Waals surface area contributed by atoms with E-state index in [2.05, 4.69) is 12.2 Å². The van der Waals surface area contributed by atoms with Gasteiger partial charge < -0.3 is 10.1 Å². The molecule has 2 aromatic carbocycles. The van der Waals surface area contributed by atoms with Crippen LogP contribution in [0.25, 0.3) is 0 Å². The Hall–Kier alpha value is -1.22. The van der Waals surface area contributed by atoms with Crippen LogP contribution >= 0.6 is 23.2 Å². The first-order valence-corrected chi connectivity index (χ1v) is 7.29. The number of benzene rings is 2. The lowest BCUT2D eigenvalue weighted by Crippen LogP contribution is -2.12. The average molecular weight is 310 g/mol. The zero-order chi connectivity index (χ0) is 14.5. The molecule has 0 fully saturated rings. The molecule has 0 amide bonds. The van der Waals surface area contributed by atoms with Crippen LogP contribution in [0.4, 0.5) is 0 Å². The SMILES string of the molecule is CCNCc1cc(Cl)ccc1Oc1ccc(C)cc1Cl. The van der Waals surface area contributed by atoms with Crippen LogP contribution in [0.1, 0.15) is 18.1 Å². The molecule has 0 aliphatic rings. The van der Waals surface area contributed by atoms with Crippen molar-refractivity contribution in [3.63, 3.8) is 0 Å². The van der Waals surface area contributed by atoms with Gasteiger partial charge in [0.1, 0.15) is 11.5 Å². The molecule has 2 rings (SSSR count). The molecular formula is C16H17Cl2NO. The largest absolute Gasteiger partial charge is 0.455 e. The van der Waals surface area contributed by atoms with Gasteiger partial charge in [0.2, 0.25) is 0 Å². The third-order valence-electron chi connectivity index (χ3n) is 2.90. The molecule has 0 saturated carbocycles. The maximum absolute atomic E-state index is 6.20. The summed E-state index contributed by atoms with van der Waals surface area (Å²) < 4.78 is 5.92. The van der Waals surface area contributed by atoms with Crippen molar-refractivity contribution in [3.8, 4) is 11.5 Å². The van der Waals surface area contributed by atoms with Crippen molar-refractivity contribution < 1.29 is 4.74 Å². The Morgan fingerprint density at radius 1 is 1.05 bits per heavy atom. The molecule has 20 heavy (non-hydrogen) atoms. The van der Waals surface area contributed by atoms with Gasteiger partial charge in [-0.25, -0.2) is 0 Å². The first-order chi connectivity index (χ1) is 9.60. The smallest absolute Gasteiger partial charge is 0.146 e. The van der Waals surface area contributed by atoms with E-state index < -0.39 is 0 Å². The fourth-order valence-electron chi connectivity index (χ4n) is 1.85. The summed E-state index contributed by atoms with van der Waals surface area (Å²) in [4.78, 5) is 0. The molecule has 0 bridgehead atoms. The molecular weight excluding hydrogens is 293 g/mol. The number of aryl methyl sites for hydroxylation is 1. The fourth-order valence-corrected chi connectivity index (χ4v) is 2.32. The van der Waals surface area contributed by atoms with E-state index in [1.54, 1.807) is 0 Å². The Morgan fingerprint density at radius 3 is 2.50 bits per heavy atom. The quantitative estimate of drug-likeness (QED) is 0.819. The molecule has 2 nitrogen and oxygen atoms in total. The van der Waals surface area contributed by atoms with Crippen molar-refractivity contribution in [1.29, 1.82) is 0 Å². The van der Waals surface area contributed by atoms with Gasteiger partial charge in [0.15, 0.2) is 0 Å². The zero-order valence-corrected chi connectivity index (χ0v) is 13.1. The van der Waals surface area contributed by atoms with Gasteiger partial charge in [-0.15, -0.1) is 0 Å². The summed E-state index contributed by atoms with van der Waals surface area (Å²) in [6, 6.07) is 11.3. The highest BCUT2D eigenvalue weighted by molar-refractivity contribution is 6.32. The van der Waals surface area contributed by atoms with E-state index in [0.717, 1.165) is 23.4 Å². The fraction of sp³-hybridized carbons (Fsp3) is 0.250. The van der Waals surface area contributed by atoms with Gasteiger partial charge in [0, 0.05) is 17.1 Å². The highest BCUT2D eigenvalue weighted by Crippen LogP contribution is 2.33. The van der Waals surface area contributed by atoms with Crippen LogP contribution in [-0.4, -0.2) is 6.54 Å². The molecule has 0 spiro atoms. The van der Waals surface area contributed by atoms with Crippen molar-refractivity contribution in [2.75, 3.05) is 6.54 Å². The topological polar surface area (TPSA) is 21.3 Å². The number of hydrogen-bond acceptors (Lipinski definition) is 2. The molecule has 0 unspecified atom stereocenters. The highest BCUT2D eigenvalue weighted by Gasteiger charge is 2.08. The summed E-state index contributed by atoms with van der Waals surface area (Å²) >= 11 is 12.2. The number of rotatable bonds is 5. The summed E-state index contributed by atoms with van der Waals surface area (Å²) in [5.74, 6) is 1.42. The second-order valence-corrected chi connectivity index (χ2v) is 5.41. The van der Waals surface area contributed by atoms with Gasteiger partial charge in [-0.05, 0) is 49.4 Å². The van der Waals surface area contributed by atoms with Crippen molar-refractivity contribution in [2.45, 2.75) is 20.4 Å². The summed E-state index contributed by atoms with van der Waals surface area (Å²) in [6.45, 7) is 5.64. The van der Waals surface area contributed by atoms with Crippen LogP contribution in [0, 0.1) is 6.92 Å². The Morgan fingerprint density at radius 2 is 1.80 bits per heavy atom. The number of halogens is 2. The number of ether oxygens (including phenoxy) is 1. The van der Waals surface area contributed by atoms with E-state index in [4.69, 9.17) is 27.9 Å². The van der Waals surface area contributed by atoms with Crippen LogP contribution < -0.4 is 10.1 Å². The van der Waals surface area contributed by atoms with Gasteiger partial charge in [0.25, 0.3) is 0 Å². The molecule has 1 N–H and O–H groups in total. The molecule has 0 aromatic heterocycles. The molecule has 2 aromatic rings. The zero-order valence-electron chi connectivity index (χ0n) is 11.5. The van der Waals surface area contributed by atoms with E-state index in [9.17, 15) is 0 Å². The molecule has 0 atom stereocenters. The van der Waals surface area contributed by atoms with E-state index in [1.807, 2.05) is 43.3 Å². The van der Waals surface area contributed by atoms with Gasteiger partial charge in [0.05, 0.1) is 5.02 Å². The van der Waals surface area contributed by atoms with E-state index >= 15 is 0 Å². The summed E-state index contributed by atoms with van der Waals surface area (Å²) in [5.41, 5.74) is 2.11. The van der Waals surface area contributed by atoms with Crippen LogP contribution in [0.2, 0.25) is 10.0 Å². The molecule has 106 valence electrons. The monoisotopic (exact) mass is 309 g/mol. The Labute approximate surface area is 129 Å². The lowest BCUT2D eigenvalue weighted by molar-refractivity contribution is 0.473. The van der Waals surface area contributed by atoms with Crippen molar-refractivity contribution in [3.05, 3.63) is 57.6 Å². The minimum Gasteiger partial charge on any atom is -0.455 e. The summed E-state index contributed by atoms with van der Waals surface area (Å²) in [6.07, 6.45) is 0. The average Bonchev–Trinajstić information content (AvgIpc) is 2.41. The maximum Gasteiger partial charge on any atom is 0.146 e. The minimum absolute atomic E-state index is 0.606. The van der Waals surface area contributed by atoms with E-state index in [0.29, 0.717) is 22.3 Å². The Balaban J connectivity index is 2.27. The van der Waals surface area contributed by atoms with Crippen LogP contribution in [0.15, 0.2) is 36.4 Å².